The number of aliphatic carboxylic acids is 1. The van der Waals surface area contributed by atoms with E-state index in [1.165, 1.54) is 0 Å². The summed E-state index contributed by atoms with van der Waals surface area (Å²) in [4.78, 5) is 10.8. The average molecular weight is 271 g/mol. The van der Waals surface area contributed by atoms with E-state index in [9.17, 15) is 4.79 Å². The Morgan fingerprint density at radius 1 is 1.38 bits per heavy atom. The number of alkyl halides is 2. The highest BCUT2D eigenvalue weighted by atomic mass is 79.9. The second-order valence-corrected chi connectivity index (χ2v) is 4.66. The summed E-state index contributed by atoms with van der Waals surface area (Å²) in [5.74, 6) is -0.907. The standard InChI is InChI=1S/C6H9BrClN3O2/c7-5-4-2(10-11-5)1(8)3(9-4)6(12)13/h1-5,9-11H,(H,12,13). The Kier molecular flexibility index (Phi) is 2.50. The van der Waals surface area contributed by atoms with Crippen LogP contribution in [-0.4, -0.2) is 39.5 Å². The zero-order valence-electron chi connectivity index (χ0n) is 6.50. The highest BCUT2D eigenvalue weighted by Gasteiger charge is 2.50. The molecule has 74 valence electrons. The molecule has 0 saturated carbocycles. The van der Waals surface area contributed by atoms with E-state index < -0.39 is 17.4 Å². The second kappa shape index (κ2) is 3.36. The van der Waals surface area contributed by atoms with Gasteiger partial charge >= 0.3 is 5.97 Å². The molecule has 5 nitrogen and oxygen atoms in total. The van der Waals surface area contributed by atoms with Crippen molar-refractivity contribution in [2.45, 2.75) is 28.5 Å². The first-order valence-corrected chi connectivity index (χ1v) is 5.24. The minimum atomic E-state index is -0.907. The Labute approximate surface area is 88.3 Å². The van der Waals surface area contributed by atoms with Crippen LogP contribution in [-0.2, 0) is 4.79 Å². The van der Waals surface area contributed by atoms with Crippen LogP contribution in [0.2, 0.25) is 0 Å². The van der Waals surface area contributed by atoms with Gasteiger partial charge in [-0.2, -0.15) is 0 Å². The molecule has 0 aromatic heterocycles. The van der Waals surface area contributed by atoms with Gasteiger partial charge in [-0.25, -0.2) is 5.43 Å². The quantitative estimate of drug-likeness (QED) is 0.371. The maximum Gasteiger partial charge on any atom is 0.322 e. The maximum atomic E-state index is 10.7. The lowest BCUT2D eigenvalue weighted by atomic mass is 10.1. The van der Waals surface area contributed by atoms with Gasteiger partial charge in [-0.1, -0.05) is 15.9 Å². The monoisotopic (exact) mass is 269 g/mol. The Hall–Kier alpha value is 0.120. The van der Waals surface area contributed by atoms with Gasteiger partial charge in [0.15, 0.2) is 0 Å². The van der Waals surface area contributed by atoms with E-state index in [1.807, 2.05) is 0 Å². The van der Waals surface area contributed by atoms with Crippen molar-refractivity contribution in [2.24, 2.45) is 0 Å². The fourth-order valence-electron chi connectivity index (χ4n) is 1.72. The number of fused-ring (bicyclic) bond motifs is 1. The van der Waals surface area contributed by atoms with E-state index >= 15 is 0 Å². The molecule has 0 aromatic carbocycles. The summed E-state index contributed by atoms with van der Waals surface area (Å²) in [6.45, 7) is 0. The van der Waals surface area contributed by atoms with Crippen molar-refractivity contribution in [2.75, 3.05) is 0 Å². The van der Waals surface area contributed by atoms with E-state index in [1.54, 1.807) is 0 Å². The van der Waals surface area contributed by atoms with E-state index in [4.69, 9.17) is 16.7 Å². The Bertz CT molecular complexity index is 242. The number of nitrogens with one attached hydrogen (secondary N) is 3. The summed E-state index contributed by atoms with van der Waals surface area (Å²) in [5, 5.41) is 11.3. The molecule has 0 aromatic rings. The lowest BCUT2D eigenvalue weighted by molar-refractivity contribution is -0.139. The number of carboxylic acid groups (broad SMARTS) is 1. The van der Waals surface area contributed by atoms with Crippen LogP contribution < -0.4 is 16.2 Å². The van der Waals surface area contributed by atoms with E-state index in [0.717, 1.165) is 0 Å². The topological polar surface area (TPSA) is 73.4 Å². The van der Waals surface area contributed by atoms with Crippen LogP contribution >= 0.6 is 27.5 Å². The minimum absolute atomic E-state index is 0.0168. The van der Waals surface area contributed by atoms with Crippen molar-refractivity contribution in [1.29, 1.82) is 0 Å². The molecule has 2 rings (SSSR count). The van der Waals surface area contributed by atoms with Crippen molar-refractivity contribution in [3.63, 3.8) is 0 Å². The number of rotatable bonds is 1. The fourth-order valence-corrected chi connectivity index (χ4v) is 2.73. The molecule has 0 amide bonds. The molecule has 0 radical (unpaired) electrons. The molecular formula is C6H9BrClN3O2. The number of carbonyl (C=O) groups is 1. The van der Waals surface area contributed by atoms with Gasteiger partial charge in [-0.3, -0.25) is 15.5 Å². The molecular weight excluding hydrogens is 261 g/mol. The molecule has 7 heteroatoms. The molecule has 0 bridgehead atoms. The number of hydrogen-bond donors (Lipinski definition) is 4. The van der Waals surface area contributed by atoms with Crippen LogP contribution in [0.3, 0.4) is 0 Å². The van der Waals surface area contributed by atoms with Crippen LogP contribution in [0.4, 0.5) is 0 Å². The molecule has 2 heterocycles. The van der Waals surface area contributed by atoms with Gasteiger partial charge in [0.2, 0.25) is 0 Å². The van der Waals surface area contributed by atoms with Gasteiger partial charge in [-0.15, -0.1) is 11.6 Å². The third kappa shape index (κ3) is 1.46. The van der Waals surface area contributed by atoms with Crippen LogP contribution in [0.25, 0.3) is 0 Å². The van der Waals surface area contributed by atoms with Crippen molar-refractivity contribution < 1.29 is 9.90 Å². The van der Waals surface area contributed by atoms with Gasteiger partial charge in [0, 0.05) is 0 Å². The predicted molar refractivity (Wildman–Crippen MR) is 50.8 cm³/mol. The highest BCUT2D eigenvalue weighted by Crippen LogP contribution is 2.27. The highest BCUT2D eigenvalue weighted by molar-refractivity contribution is 9.09. The number of hydrazine groups is 1. The number of hydrogen-bond acceptors (Lipinski definition) is 4. The third-order valence-electron chi connectivity index (χ3n) is 2.39. The molecule has 4 N–H and O–H groups in total. The van der Waals surface area contributed by atoms with E-state index in [-0.39, 0.29) is 17.0 Å². The fraction of sp³-hybridized carbons (Fsp3) is 0.833. The van der Waals surface area contributed by atoms with Gasteiger partial charge in [-0.05, 0) is 0 Å². The first kappa shape index (κ1) is 9.67. The van der Waals surface area contributed by atoms with Crippen LogP contribution in [0, 0.1) is 0 Å². The largest absolute Gasteiger partial charge is 0.480 e. The first-order chi connectivity index (χ1) is 6.11. The molecule has 13 heavy (non-hydrogen) atoms. The zero-order valence-corrected chi connectivity index (χ0v) is 8.84. The van der Waals surface area contributed by atoms with E-state index in [0.29, 0.717) is 0 Å². The molecule has 2 aliphatic heterocycles. The average Bonchev–Trinajstić information content (AvgIpc) is 2.55. The number of carboxylic acids is 1. The van der Waals surface area contributed by atoms with E-state index in [2.05, 4.69) is 32.1 Å². The lowest BCUT2D eigenvalue weighted by Gasteiger charge is -2.13. The van der Waals surface area contributed by atoms with Crippen molar-refractivity contribution in [3.05, 3.63) is 0 Å². The molecule has 0 spiro atoms. The van der Waals surface area contributed by atoms with Crippen LogP contribution in [0.5, 0.6) is 0 Å². The first-order valence-electron chi connectivity index (χ1n) is 3.89. The molecule has 5 unspecified atom stereocenters. The second-order valence-electron chi connectivity index (χ2n) is 3.17. The zero-order chi connectivity index (χ0) is 9.59. The Balaban J connectivity index is 2.13. The summed E-state index contributed by atoms with van der Waals surface area (Å²) in [5.41, 5.74) is 5.89. The van der Waals surface area contributed by atoms with Crippen LogP contribution in [0.15, 0.2) is 0 Å². The summed E-state index contributed by atoms with van der Waals surface area (Å²) in [6.07, 6.45) is 0. The SMILES string of the molecule is O=C(O)C1NC2C(Br)NNC2C1Cl. The molecule has 2 saturated heterocycles. The van der Waals surface area contributed by atoms with Gasteiger partial charge in [0.25, 0.3) is 0 Å². The van der Waals surface area contributed by atoms with Crippen molar-refractivity contribution >= 4 is 33.5 Å². The molecule has 0 aliphatic carbocycles. The smallest absolute Gasteiger partial charge is 0.322 e. The normalized spacial score (nSPS) is 49.2. The third-order valence-corrected chi connectivity index (χ3v) is 3.71. The Morgan fingerprint density at radius 2 is 2.08 bits per heavy atom. The summed E-state index contributed by atoms with van der Waals surface area (Å²) in [7, 11) is 0. The van der Waals surface area contributed by atoms with Gasteiger partial charge in [0.1, 0.15) is 6.04 Å². The summed E-state index contributed by atoms with van der Waals surface area (Å²) in [6, 6.07) is -0.706. The molecule has 2 aliphatic rings. The number of halogens is 2. The van der Waals surface area contributed by atoms with Crippen molar-refractivity contribution in [3.8, 4) is 0 Å². The Morgan fingerprint density at radius 3 is 2.62 bits per heavy atom. The predicted octanol–water partition coefficient (Wildman–Crippen LogP) is -0.784. The lowest BCUT2D eigenvalue weighted by Crippen LogP contribution is -2.45. The van der Waals surface area contributed by atoms with Crippen molar-refractivity contribution in [1.82, 2.24) is 16.2 Å². The molecule has 5 atom stereocenters. The van der Waals surface area contributed by atoms with Crippen LogP contribution in [0.1, 0.15) is 0 Å². The molecule has 2 fully saturated rings. The van der Waals surface area contributed by atoms with Gasteiger partial charge in [0.05, 0.1) is 22.4 Å². The summed E-state index contributed by atoms with van der Waals surface area (Å²) >= 11 is 9.33. The summed E-state index contributed by atoms with van der Waals surface area (Å²) < 4.78 is 0. The maximum absolute atomic E-state index is 10.7. The minimum Gasteiger partial charge on any atom is -0.480 e. The van der Waals surface area contributed by atoms with Gasteiger partial charge < -0.3 is 5.11 Å².